The third-order valence-electron chi connectivity index (χ3n) is 3.50. The summed E-state index contributed by atoms with van der Waals surface area (Å²) in [5.41, 5.74) is 0. The molecular weight excluding hydrogens is 256 g/mol. The van der Waals surface area contributed by atoms with Crippen LogP contribution in [0.1, 0.15) is 19.8 Å². The van der Waals surface area contributed by atoms with Crippen LogP contribution in [0.15, 0.2) is 0 Å². The maximum Gasteiger partial charge on any atom is 0.231 e. The number of aliphatic hydroxyl groups is 1. The van der Waals surface area contributed by atoms with Crippen molar-refractivity contribution in [3.8, 4) is 0 Å². The Morgan fingerprint density at radius 3 is 2.50 bits per heavy atom. The fourth-order valence-corrected chi connectivity index (χ4v) is 2.25. The molecule has 2 heterocycles. The Hall–Kier alpha value is -1.63. The van der Waals surface area contributed by atoms with Gasteiger partial charge in [0.25, 0.3) is 0 Å². The van der Waals surface area contributed by atoms with Crippen molar-refractivity contribution < 1.29 is 5.11 Å². The topological polar surface area (TPSA) is 77.4 Å². The average molecular weight is 280 g/mol. The largest absolute Gasteiger partial charge is 0.396 e. The maximum absolute atomic E-state index is 9.20. The zero-order valence-electron chi connectivity index (χ0n) is 12.5. The van der Waals surface area contributed by atoms with E-state index in [0.717, 1.165) is 38.4 Å². The first-order chi connectivity index (χ1) is 9.63. The van der Waals surface area contributed by atoms with Crippen LogP contribution in [0, 0.1) is 5.92 Å². The SMILES string of the molecule is CCNc1nc(N(C)C)nc(N2CCC(CO)CC2)n1. The lowest BCUT2D eigenvalue weighted by Gasteiger charge is -2.31. The van der Waals surface area contributed by atoms with E-state index in [-0.39, 0.29) is 6.61 Å². The van der Waals surface area contributed by atoms with Gasteiger partial charge in [-0.1, -0.05) is 0 Å². The van der Waals surface area contributed by atoms with E-state index in [2.05, 4.69) is 25.2 Å². The van der Waals surface area contributed by atoms with Crippen LogP contribution >= 0.6 is 0 Å². The summed E-state index contributed by atoms with van der Waals surface area (Å²) in [6.07, 6.45) is 1.96. The van der Waals surface area contributed by atoms with Crippen molar-refractivity contribution in [2.45, 2.75) is 19.8 Å². The van der Waals surface area contributed by atoms with Crippen LogP contribution in [0.5, 0.6) is 0 Å². The predicted molar refractivity (Wildman–Crippen MR) is 80.3 cm³/mol. The molecule has 1 aromatic rings. The fourth-order valence-electron chi connectivity index (χ4n) is 2.25. The molecule has 0 radical (unpaired) electrons. The quantitative estimate of drug-likeness (QED) is 0.817. The zero-order valence-corrected chi connectivity index (χ0v) is 12.5. The van der Waals surface area contributed by atoms with Gasteiger partial charge in [-0.25, -0.2) is 0 Å². The Bertz CT molecular complexity index is 431. The highest BCUT2D eigenvalue weighted by Gasteiger charge is 2.21. The van der Waals surface area contributed by atoms with Crippen molar-refractivity contribution in [2.24, 2.45) is 5.92 Å². The Morgan fingerprint density at radius 2 is 1.95 bits per heavy atom. The van der Waals surface area contributed by atoms with Crippen molar-refractivity contribution in [3.63, 3.8) is 0 Å². The minimum atomic E-state index is 0.274. The summed E-state index contributed by atoms with van der Waals surface area (Å²) in [5, 5.41) is 12.3. The van der Waals surface area contributed by atoms with Crippen LogP contribution in [0.25, 0.3) is 0 Å². The van der Waals surface area contributed by atoms with Gasteiger partial charge < -0.3 is 20.2 Å². The van der Waals surface area contributed by atoms with Gasteiger partial charge in [0, 0.05) is 40.3 Å². The number of anilines is 3. The standard InChI is InChI=1S/C13H24N6O/c1-4-14-11-15-12(18(2)3)17-13(16-11)19-7-5-10(9-20)6-8-19/h10,20H,4-9H2,1-3H3,(H,14,15,16,17). The van der Waals surface area contributed by atoms with Crippen molar-refractivity contribution in [1.29, 1.82) is 0 Å². The molecule has 1 aliphatic rings. The number of nitrogens with zero attached hydrogens (tertiary/aromatic N) is 5. The monoisotopic (exact) mass is 280 g/mol. The molecule has 2 rings (SSSR count). The smallest absolute Gasteiger partial charge is 0.231 e. The lowest BCUT2D eigenvalue weighted by atomic mass is 9.98. The van der Waals surface area contributed by atoms with E-state index >= 15 is 0 Å². The Morgan fingerprint density at radius 1 is 1.25 bits per heavy atom. The van der Waals surface area contributed by atoms with E-state index in [1.165, 1.54) is 0 Å². The first-order valence-corrected chi connectivity index (χ1v) is 7.17. The second-order valence-electron chi connectivity index (χ2n) is 5.30. The Labute approximate surface area is 120 Å². The number of piperidine rings is 1. The minimum Gasteiger partial charge on any atom is -0.396 e. The van der Waals surface area contributed by atoms with E-state index in [1.807, 2.05) is 25.9 Å². The number of rotatable bonds is 5. The van der Waals surface area contributed by atoms with Crippen LogP contribution in [-0.4, -0.2) is 60.4 Å². The fraction of sp³-hybridized carbons (Fsp3) is 0.769. The van der Waals surface area contributed by atoms with Gasteiger partial charge in [-0.3, -0.25) is 0 Å². The molecule has 7 nitrogen and oxygen atoms in total. The molecule has 0 saturated carbocycles. The number of nitrogens with one attached hydrogen (secondary N) is 1. The molecule has 0 atom stereocenters. The van der Waals surface area contributed by atoms with Crippen LogP contribution in [0.2, 0.25) is 0 Å². The molecule has 0 amide bonds. The molecule has 0 bridgehead atoms. The van der Waals surface area contributed by atoms with E-state index in [9.17, 15) is 5.11 Å². The second kappa shape index (κ2) is 6.69. The third-order valence-corrected chi connectivity index (χ3v) is 3.50. The molecule has 1 saturated heterocycles. The number of aliphatic hydroxyl groups excluding tert-OH is 1. The molecule has 112 valence electrons. The van der Waals surface area contributed by atoms with Crippen LogP contribution in [0.4, 0.5) is 17.8 Å². The highest BCUT2D eigenvalue weighted by atomic mass is 16.3. The summed E-state index contributed by atoms with van der Waals surface area (Å²) in [5.74, 6) is 2.41. The van der Waals surface area contributed by atoms with Crippen LogP contribution in [-0.2, 0) is 0 Å². The van der Waals surface area contributed by atoms with Gasteiger partial charge >= 0.3 is 0 Å². The minimum absolute atomic E-state index is 0.274. The molecular formula is C13H24N6O. The van der Waals surface area contributed by atoms with Crippen molar-refractivity contribution in [3.05, 3.63) is 0 Å². The number of aromatic nitrogens is 3. The van der Waals surface area contributed by atoms with Gasteiger partial charge in [0.1, 0.15) is 0 Å². The summed E-state index contributed by atoms with van der Waals surface area (Å²) in [4.78, 5) is 17.4. The summed E-state index contributed by atoms with van der Waals surface area (Å²) in [7, 11) is 3.85. The van der Waals surface area contributed by atoms with E-state index in [4.69, 9.17) is 0 Å². The van der Waals surface area contributed by atoms with Gasteiger partial charge in [-0.05, 0) is 25.7 Å². The first-order valence-electron chi connectivity index (χ1n) is 7.17. The summed E-state index contributed by atoms with van der Waals surface area (Å²) in [6, 6.07) is 0. The van der Waals surface area contributed by atoms with Crippen molar-refractivity contribution >= 4 is 17.8 Å². The van der Waals surface area contributed by atoms with Crippen molar-refractivity contribution in [1.82, 2.24) is 15.0 Å². The predicted octanol–water partition coefficient (Wildman–Crippen LogP) is 0.578. The Kier molecular flexibility index (Phi) is 4.94. The summed E-state index contributed by atoms with van der Waals surface area (Å²) in [6.45, 7) is 4.84. The molecule has 1 fully saturated rings. The van der Waals surface area contributed by atoms with E-state index < -0.39 is 0 Å². The average Bonchev–Trinajstić information content (AvgIpc) is 2.47. The molecule has 7 heteroatoms. The summed E-state index contributed by atoms with van der Waals surface area (Å²) < 4.78 is 0. The van der Waals surface area contributed by atoms with Crippen molar-refractivity contribution in [2.75, 3.05) is 55.5 Å². The molecule has 0 spiro atoms. The number of hydrogen-bond donors (Lipinski definition) is 2. The molecule has 20 heavy (non-hydrogen) atoms. The Balaban J connectivity index is 2.17. The van der Waals surface area contributed by atoms with Crippen LogP contribution in [0.3, 0.4) is 0 Å². The highest BCUT2D eigenvalue weighted by molar-refractivity contribution is 5.44. The van der Waals surface area contributed by atoms with Gasteiger partial charge in [0.05, 0.1) is 0 Å². The second-order valence-corrected chi connectivity index (χ2v) is 5.30. The summed E-state index contributed by atoms with van der Waals surface area (Å²) >= 11 is 0. The molecule has 0 unspecified atom stereocenters. The van der Waals surface area contributed by atoms with Gasteiger partial charge in [0.2, 0.25) is 17.8 Å². The van der Waals surface area contributed by atoms with Gasteiger partial charge in [0.15, 0.2) is 0 Å². The third kappa shape index (κ3) is 3.47. The maximum atomic E-state index is 9.20. The highest BCUT2D eigenvalue weighted by Crippen LogP contribution is 2.22. The van der Waals surface area contributed by atoms with E-state index in [1.54, 1.807) is 0 Å². The first kappa shape index (κ1) is 14.8. The van der Waals surface area contributed by atoms with Crippen LogP contribution < -0.4 is 15.1 Å². The van der Waals surface area contributed by atoms with Gasteiger partial charge in [-0.2, -0.15) is 15.0 Å². The lowest BCUT2D eigenvalue weighted by Crippen LogP contribution is -2.36. The van der Waals surface area contributed by atoms with Gasteiger partial charge in [-0.15, -0.1) is 0 Å². The van der Waals surface area contributed by atoms with E-state index in [0.29, 0.717) is 17.8 Å². The lowest BCUT2D eigenvalue weighted by molar-refractivity contribution is 0.202. The molecule has 0 aliphatic carbocycles. The molecule has 1 aromatic heterocycles. The molecule has 1 aliphatic heterocycles. The molecule has 0 aromatic carbocycles. The zero-order chi connectivity index (χ0) is 14.5. The number of hydrogen-bond acceptors (Lipinski definition) is 7. The normalized spacial score (nSPS) is 16.3. The molecule has 2 N–H and O–H groups in total.